The van der Waals surface area contributed by atoms with Crippen molar-refractivity contribution in [3.63, 3.8) is 0 Å². The number of aromatic amines is 1. The molecule has 0 unspecified atom stereocenters. The number of nitrogens with one attached hydrogen (secondary N) is 1. The van der Waals surface area contributed by atoms with Gasteiger partial charge < -0.3 is 14.4 Å². The number of methoxy groups -OCH3 is 1. The maximum atomic E-state index is 15.3. The van der Waals surface area contributed by atoms with Gasteiger partial charge in [-0.1, -0.05) is 23.2 Å². The molecule has 2 aromatic heterocycles. The number of anilines is 1. The van der Waals surface area contributed by atoms with Gasteiger partial charge in [-0.2, -0.15) is 5.10 Å². The lowest BCUT2D eigenvalue weighted by atomic mass is 9.74. The molecule has 4 aromatic rings. The first-order valence-corrected chi connectivity index (χ1v) is 15.2. The summed E-state index contributed by atoms with van der Waals surface area (Å²) in [6.45, 7) is 3.24. The van der Waals surface area contributed by atoms with Gasteiger partial charge >= 0.3 is 0 Å². The maximum Gasteiger partial charge on any atom is 0.211 e. The van der Waals surface area contributed by atoms with Crippen LogP contribution in [-0.2, 0) is 10.0 Å². The summed E-state index contributed by atoms with van der Waals surface area (Å²) in [5.74, 6) is -0.700. The Balaban J connectivity index is 1.28. The number of benzene rings is 2. The lowest BCUT2D eigenvalue weighted by Crippen LogP contribution is -2.73. The van der Waals surface area contributed by atoms with Crippen LogP contribution in [0, 0.1) is 17.0 Å². The second kappa shape index (κ2) is 9.97. The van der Waals surface area contributed by atoms with Gasteiger partial charge in [0.05, 0.1) is 28.9 Å². The van der Waals surface area contributed by atoms with Gasteiger partial charge in [-0.05, 0) is 25.1 Å². The standard InChI is InChI=1S/C27H25Cl2F2N5O4S/c1-14(24-17(28)8-32-9-18(24)29)40-23-6-16-21(7-22(23)39-2)33-34-25(16)15-4-19(30)26(20(31)5-15)35-10-27(11-35)12-36(13-27)41(3,37)38/h4-9,14H,10-13H2,1-3H3,(H,33,34)/t14-/m1/s1. The van der Waals surface area contributed by atoms with E-state index in [1.165, 1.54) is 35.9 Å². The van der Waals surface area contributed by atoms with Crippen molar-refractivity contribution in [2.24, 2.45) is 5.41 Å². The highest BCUT2D eigenvalue weighted by Gasteiger charge is 2.55. The van der Waals surface area contributed by atoms with Crippen molar-refractivity contribution in [3.05, 3.63) is 63.9 Å². The third kappa shape index (κ3) is 4.86. The minimum absolute atomic E-state index is 0.136. The van der Waals surface area contributed by atoms with E-state index in [-0.39, 0.29) is 16.7 Å². The molecule has 0 saturated carbocycles. The summed E-state index contributed by atoms with van der Waals surface area (Å²) in [5, 5.41) is 8.46. The van der Waals surface area contributed by atoms with Crippen molar-refractivity contribution in [2.45, 2.75) is 13.0 Å². The second-order valence-corrected chi connectivity index (χ2v) is 13.4. The van der Waals surface area contributed by atoms with Crippen LogP contribution in [0.15, 0.2) is 36.7 Å². The number of halogens is 4. The Morgan fingerprint density at radius 2 is 1.66 bits per heavy atom. The van der Waals surface area contributed by atoms with Crippen LogP contribution in [0.1, 0.15) is 18.6 Å². The normalized spacial score (nSPS) is 17.4. The summed E-state index contributed by atoms with van der Waals surface area (Å²) >= 11 is 12.6. The molecule has 0 bridgehead atoms. The quantitative estimate of drug-likeness (QED) is 0.292. The first kappa shape index (κ1) is 28.0. The monoisotopic (exact) mass is 623 g/mol. The molecular formula is C27H25Cl2F2N5O4S. The molecule has 0 aliphatic carbocycles. The molecule has 1 N–H and O–H groups in total. The van der Waals surface area contributed by atoms with Gasteiger partial charge in [-0.3, -0.25) is 10.1 Å². The van der Waals surface area contributed by atoms with Crippen LogP contribution in [0.4, 0.5) is 14.5 Å². The fraction of sp³-hybridized carbons (Fsp3) is 0.333. The Hall–Kier alpha value is -3.19. The maximum absolute atomic E-state index is 15.3. The van der Waals surface area contributed by atoms with E-state index in [0.717, 1.165) is 6.26 Å². The van der Waals surface area contributed by atoms with E-state index in [9.17, 15) is 8.42 Å². The highest BCUT2D eigenvalue weighted by atomic mass is 35.5. The molecule has 2 aliphatic heterocycles. The van der Waals surface area contributed by atoms with Crippen LogP contribution in [0.25, 0.3) is 22.2 Å². The van der Waals surface area contributed by atoms with Crippen LogP contribution in [0.2, 0.25) is 10.0 Å². The number of rotatable bonds is 7. The van der Waals surface area contributed by atoms with E-state index in [1.807, 2.05) is 0 Å². The number of pyridine rings is 1. The molecule has 9 nitrogen and oxygen atoms in total. The molecule has 2 fully saturated rings. The van der Waals surface area contributed by atoms with Gasteiger partial charge in [-0.25, -0.2) is 21.5 Å². The number of aromatic nitrogens is 3. The molecule has 1 spiro atoms. The Morgan fingerprint density at radius 3 is 2.24 bits per heavy atom. The zero-order chi connectivity index (χ0) is 29.3. The van der Waals surface area contributed by atoms with Gasteiger partial charge in [0.2, 0.25) is 10.0 Å². The molecule has 2 aromatic carbocycles. The largest absolute Gasteiger partial charge is 0.493 e. The first-order chi connectivity index (χ1) is 19.4. The Bertz CT molecular complexity index is 1740. The van der Waals surface area contributed by atoms with E-state index in [1.54, 1.807) is 24.0 Å². The van der Waals surface area contributed by atoms with Gasteiger partial charge in [0, 0.05) is 66.6 Å². The smallest absolute Gasteiger partial charge is 0.211 e. The number of sulfonamides is 1. The third-order valence-corrected chi connectivity index (χ3v) is 9.40. The van der Waals surface area contributed by atoms with E-state index >= 15 is 8.78 Å². The lowest BCUT2D eigenvalue weighted by molar-refractivity contribution is 0.0391. The third-order valence-electron chi connectivity index (χ3n) is 7.60. The average Bonchev–Trinajstić information content (AvgIpc) is 3.24. The minimum atomic E-state index is -3.27. The molecule has 0 radical (unpaired) electrons. The van der Waals surface area contributed by atoms with Gasteiger partial charge in [-0.15, -0.1) is 0 Å². The SMILES string of the molecule is COc1cc2[nH]nc(-c3cc(F)c(N4CC5(C4)CN(S(C)(=O)=O)C5)c(F)c3)c2cc1O[C@H](C)c1c(Cl)cncc1Cl. The van der Waals surface area contributed by atoms with E-state index in [2.05, 4.69) is 15.2 Å². The fourth-order valence-electron chi connectivity index (χ4n) is 5.62. The Labute approximate surface area is 245 Å². The predicted octanol–water partition coefficient (Wildman–Crippen LogP) is 5.44. The number of nitrogens with zero attached hydrogens (tertiary/aromatic N) is 4. The van der Waals surface area contributed by atoms with Crippen LogP contribution >= 0.6 is 23.2 Å². The van der Waals surface area contributed by atoms with Crippen molar-refractivity contribution in [2.75, 3.05) is 44.4 Å². The summed E-state index contributed by atoms with van der Waals surface area (Å²) in [6, 6.07) is 5.85. The van der Waals surface area contributed by atoms with Gasteiger partial charge in [0.1, 0.15) is 29.1 Å². The molecule has 2 aliphatic rings. The number of hydrogen-bond acceptors (Lipinski definition) is 7. The van der Waals surface area contributed by atoms with Crippen molar-refractivity contribution in [1.29, 1.82) is 0 Å². The molecular weight excluding hydrogens is 599 g/mol. The van der Waals surface area contributed by atoms with Crippen molar-refractivity contribution >= 4 is 49.8 Å². The predicted molar refractivity (Wildman–Crippen MR) is 152 cm³/mol. The molecule has 2 saturated heterocycles. The Morgan fingerprint density at radius 1 is 1.02 bits per heavy atom. The molecule has 6 rings (SSSR count). The summed E-state index contributed by atoms with van der Waals surface area (Å²) in [4.78, 5) is 5.57. The second-order valence-electron chi connectivity index (χ2n) is 10.6. The topological polar surface area (TPSA) is 101 Å². The number of fused-ring (bicyclic) bond motifs is 1. The minimum Gasteiger partial charge on any atom is -0.493 e. The van der Waals surface area contributed by atoms with Crippen LogP contribution in [0.5, 0.6) is 11.5 Å². The van der Waals surface area contributed by atoms with Crippen LogP contribution in [-0.4, -0.2) is 67.4 Å². The van der Waals surface area contributed by atoms with Crippen molar-refractivity contribution in [3.8, 4) is 22.8 Å². The van der Waals surface area contributed by atoms with Crippen molar-refractivity contribution < 1.29 is 26.7 Å². The van der Waals surface area contributed by atoms with Gasteiger partial charge in [0.25, 0.3) is 0 Å². The summed E-state index contributed by atoms with van der Waals surface area (Å²) in [5.41, 5.74) is 1.29. The van der Waals surface area contributed by atoms with E-state index in [4.69, 9.17) is 32.7 Å². The van der Waals surface area contributed by atoms with E-state index in [0.29, 0.717) is 69.9 Å². The van der Waals surface area contributed by atoms with Crippen molar-refractivity contribution in [1.82, 2.24) is 19.5 Å². The molecule has 41 heavy (non-hydrogen) atoms. The number of ether oxygens (including phenoxy) is 2. The molecule has 14 heteroatoms. The van der Waals surface area contributed by atoms with Crippen LogP contribution in [0.3, 0.4) is 0 Å². The Kier molecular flexibility index (Phi) is 6.80. The fourth-order valence-corrected chi connectivity index (χ4v) is 7.31. The molecule has 1 atom stereocenters. The number of hydrogen-bond donors (Lipinski definition) is 1. The highest BCUT2D eigenvalue weighted by molar-refractivity contribution is 7.88. The summed E-state index contributed by atoms with van der Waals surface area (Å²) in [6.07, 6.45) is 3.53. The number of H-pyrrole nitrogens is 1. The van der Waals surface area contributed by atoms with Gasteiger partial charge in [0.15, 0.2) is 11.5 Å². The molecule has 4 heterocycles. The average molecular weight is 624 g/mol. The summed E-state index contributed by atoms with van der Waals surface area (Å²) < 4.78 is 67.2. The zero-order valence-corrected chi connectivity index (χ0v) is 24.5. The first-order valence-electron chi connectivity index (χ1n) is 12.6. The molecule has 216 valence electrons. The van der Waals surface area contributed by atoms with Crippen LogP contribution < -0.4 is 14.4 Å². The highest BCUT2D eigenvalue weighted by Crippen LogP contribution is 2.45. The lowest BCUT2D eigenvalue weighted by Gasteiger charge is -2.60. The summed E-state index contributed by atoms with van der Waals surface area (Å²) in [7, 11) is -1.77. The molecule has 0 amide bonds. The zero-order valence-electron chi connectivity index (χ0n) is 22.2. The van der Waals surface area contributed by atoms with E-state index < -0.39 is 27.8 Å².